The molecular formula is C12H22N4O. The van der Waals surface area contributed by atoms with Gasteiger partial charge in [0.15, 0.2) is 0 Å². The van der Waals surface area contributed by atoms with Gasteiger partial charge in [-0.05, 0) is 30.8 Å². The van der Waals surface area contributed by atoms with Crippen LogP contribution in [0.15, 0.2) is 4.52 Å². The van der Waals surface area contributed by atoms with Gasteiger partial charge in [-0.3, -0.25) is 0 Å². The second-order valence-corrected chi connectivity index (χ2v) is 4.84. The molecule has 0 saturated carbocycles. The van der Waals surface area contributed by atoms with Gasteiger partial charge < -0.3 is 15.2 Å². The van der Waals surface area contributed by atoms with Crippen molar-refractivity contribution in [3.05, 3.63) is 5.89 Å². The third-order valence-corrected chi connectivity index (χ3v) is 3.57. The fourth-order valence-electron chi connectivity index (χ4n) is 2.17. The number of nitrogens with two attached hydrogens (primary N) is 1. The summed E-state index contributed by atoms with van der Waals surface area (Å²) in [6, 6.07) is 0.0876. The molecule has 5 nitrogen and oxygen atoms in total. The normalized spacial score (nSPS) is 20.3. The first-order chi connectivity index (χ1) is 8.22. The molecule has 17 heavy (non-hydrogen) atoms. The van der Waals surface area contributed by atoms with Gasteiger partial charge in [0.25, 0.3) is 5.95 Å². The van der Waals surface area contributed by atoms with Crippen LogP contribution < -0.4 is 10.6 Å². The van der Waals surface area contributed by atoms with E-state index >= 15 is 0 Å². The van der Waals surface area contributed by atoms with Crippen LogP contribution in [0.2, 0.25) is 0 Å². The van der Waals surface area contributed by atoms with Crippen LogP contribution in [0.3, 0.4) is 0 Å². The van der Waals surface area contributed by atoms with Crippen molar-refractivity contribution >= 4 is 5.95 Å². The highest BCUT2D eigenvalue weighted by atomic mass is 16.5. The van der Waals surface area contributed by atoms with E-state index in [-0.39, 0.29) is 12.0 Å². The smallest absolute Gasteiger partial charge is 0.266 e. The molecule has 2 N–H and O–H groups in total. The van der Waals surface area contributed by atoms with Crippen molar-refractivity contribution in [2.24, 2.45) is 5.73 Å². The first kappa shape index (κ1) is 12.4. The fraction of sp³-hybridized carbons (Fsp3) is 0.833. The summed E-state index contributed by atoms with van der Waals surface area (Å²) < 4.78 is 5.32. The second-order valence-electron chi connectivity index (χ2n) is 4.84. The summed E-state index contributed by atoms with van der Waals surface area (Å²) >= 11 is 0. The maximum atomic E-state index is 5.99. The van der Waals surface area contributed by atoms with E-state index in [9.17, 15) is 0 Å². The minimum absolute atomic E-state index is 0.0876. The van der Waals surface area contributed by atoms with Crippen LogP contribution in [-0.4, -0.2) is 29.3 Å². The van der Waals surface area contributed by atoms with E-state index in [1.54, 1.807) is 0 Å². The van der Waals surface area contributed by atoms with E-state index in [1.807, 2.05) is 6.92 Å². The van der Waals surface area contributed by atoms with E-state index in [0.717, 1.165) is 25.5 Å². The van der Waals surface area contributed by atoms with Gasteiger partial charge in [0.05, 0.1) is 5.92 Å². The molecule has 0 radical (unpaired) electrons. The summed E-state index contributed by atoms with van der Waals surface area (Å²) in [5.41, 5.74) is 5.99. The molecule has 2 rings (SSSR count). The first-order valence-electron chi connectivity index (χ1n) is 6.56. The van der Waals surface area contributed by atoms with Gasteiger partial charge in [-0.25, -0.2) is 0 Å². The zero-order valence-corrected chi connectivity index (χ0v) is 10.7. The quantitative estimate of drug-likeness (QED) is 0.867. The highest BCUT2D eigenvalue weighted by Crippen LogP contribution is 2.22. The lowest BCUT2D eigenvalue weighted by atomic mass is 10.0. The topological polar surface area (TPSA) is 68.2 Å². The number of rotatable bonds is 4. The SMILES string of the molecule is CCC(N)C(C)c1nc(N2CCCCC2)no1. The molecule has 0 aromatic carbocycles. The molecule has 96 valence electrons. The summed E-state index contributed by atoms with van der Waals surface area (Å²) in [5, 5.41) is 4.06. The third-order valence-electron chi connectivity index (χ3n) is 3.57. The average Bonchev–Trinajstić information content (AvgIpc) is 2.87. The molecule has 0 bridgehead atoms. The monoisotopic (exact) mass is 238 g/mol. The van der Waals surface area contributed by atoms with Crippen LogP contribution in [0, 0.1) is 0 Å². The zero-order chi connectivity index (χ0) is 12.3. The molecule has 1 aromatic rings. The number of piperidine rings is 1. The van der Waals surface area contributed by atoms with Gasteiger partial charge in [-0.1, -0.05) is 13.8 Å². The molecule has 5 heteroatoms. The van der Waals surface area contributed by atoms with Crippen molar-refractivity contribution in [3.8, 4) is 0 Å². The standard InChI is InChI=1S/C12H22N4O/c1-3-10(13)9(2)11-14-12(15-17-11)16-7-5-4-6-8-16/h9-10H,3-8,13H2,1-2H3. The third kappa shape index (κ3) is 2.77. The summed E-state index contributed by atoms with van der Waals surface area (Å²) in [7, 11) is 0. The summed E-state index contributed by atoms with van der Waals surface area (Å²) in [4.78, 5) is 6.67. The highest BCUT2D eigenvalue weighted by molar-refractivity contribution is 5.28. The molecule has 2 heterocycles. The number of anilines is 1. The molecule has 0 amide bonds. The van der Waals surface area contributed by atoms with Crippen molar-refractivity contribution < 1.29 is 4.52 Å². The number of hydrogen-bond donors (Lipinski definition) is 1. The number of aromatic nitrogens is 2. The lowest BCUT2D eigenvalue weighted by Gasteiger charge is -2.24. The van der Waals surface area contributed by atoms with E-state index in [1.165, 1.54) is 19.3 Å². The molecule has 1 aromatic heterocycles. The van der Waals surface area contributed by atoms with E-state index in [4.69, 9.17) is 10.3 Å². The maximum Gasteiger partial charge on any atom is 0.266 e. The Morgan fingerprint density at radius 2 is 2.06 bits per heavy atom. The predicted molar refractivity (Wildman–Crippen MR) is 67.0 cm³/mol. The minimum Gasteiger partial charge on any atom is -0.338 e. The molecule has 1 fully saturated rings. The molecule has 0 aliphatic carbocycles. The molecular weight excluding hydrogens is 216 g/mol. The van der Waals surface area contributed by atoms with Crippen molar-refractivity contribution in [2.45, 2.75) is 51.5 Å². The Labute approximate surface area is 102 Å². The van der Waals surface area contributed by atoms with Crippen LogP contribution in [0.1, 0.15) is 51.3 Å². The molecule has 0 spiro atoms. The van der Waals surface area contributed by atoms with Crippen molar-refractivity contribution in [3.63, 3.8) is 0 Å². The van der Waals surface area contributed by atoms with Gasteiger partial charge in [-0.15, -0.1) is 0 Å². The molecule has 1 aliphatic heterocycles. The Morgan fingerprint density at radius 3 is 2.71 bits per heavy atom. The Balaban J connectivity index is 2.04. The van der Waals surface area contributed by atoms with Crippen LogP contribution >= 0.6 is 0 Å². The van der Waals surface area contributed by atoms with E-state index in [0.29, 0.717) is 5.89 Å². The highest BCUT2D eigenvalue weighted by Gasteiger charge is 2.22. The number of nitrogens with zero attached hydrogens (tertiary/aromatic N) is 3. The van der Waals surface area contributed by atoms with E-state index in [2.05, 4.69) is 22.0 Å². The Hall–Kier alpha value is -1.10. The first-order valence-corrected chi connectivity index (χ1v) is 6.56. The molecule has 2 atom stereocenters. The Bertz CT molecular complexity index is 330. The predicted octanol–water partition coefficient (Wildman–Crippen LogP) is 1.90. The van der Waals surface area contributed by atoms with E-state index < -0.39 is 0 Å². The van der Waals surface area contributed by atoms with Crippen LogP contribution in [0.25, 0.3) is 0 Å². The van der Waals surface area contributed by atoms with Gasteiger partial charge in [0, 0.05) is 19.1 Å². The summed E-state index contributed by atoms with van der Waals surface area (Å²) in [6.45, 7) is 6.19. The second kappa shape index (κ2) is 5.49. The molecule has 1 aliphatic rings. The number of hydrogen-bond acceptors (Lipinski definition) is 5. The van der Waals surface area contributed by atoms with Crippen LogP contribution in [0.4, 0.5) is 5.95 Å². The molecule has 1 saturated heterocycles. The van der Waals surface area contributed by atoms with Gasteiger partial charge in [0.1, 0.15) is 0 Å². The van der Waals surface area contributed by atoms with Crippen molar-refractivity contribution in [1.82, 2.24) is 10.1 Å². The van der Waals surface area contributed by atoms with Crippen LogP contribution in [0.5, 0.6) is 0 Å². The Morgan fingerprint density at radius 1 is 1.35 bits per heavy atom. The van der Waals surface area contributed by atoms with Gasteiger partial charge in [0.2, 0.25) is 5.89 Å². The minimum atomic E-state index is 0.0876. The van der Waals surface area contributed by atoms with Gasteiger partial charge >= 0.3 is 0 Å². The molecule has 2 unspecified atom stereocenters. The summed E-state index contributed by atoms with van der Waals surface area (Å²) in [6.07, 6.45) is 4.66. The van der Waals surface area contributed by atoms with Gasteiger partial charge in [-0.2, -0.15) is 4.98 Å². The van der Waals surface area contributed by atoms with Crippen molar-refractivity contribution in [1.29, 1.82) is 0 Å². The van der Waals surface area contributed by atoms with Crippen molar-refractivity contribution in [2.75, 3.05) is 18.0 Å². The fourth-order valence-corrected chi connectivity index (χ4v) is 2.17. The van der Waals surface area contributed by atoms with Crippen LogP contribution in [-0.2, 0) is 0 Å². The average molecular weight is 238 g/mol. The lowest BCUT2D eigenvalue weighted by Crippen LogP contribution is -2.30. The Kier molecular flexibility index (Phi) is 3.99. The largest absolute Gasteiger partial charge is 0.338 e. The summed E-state index contributed by atoms with van der Waals surface area (Å²) in [5.74, 6) is 1.53. The lowest BCUT2D eigenvalue weighted by molar-refractivity contribution is 0.339. The maximum absolute atomic E-state index is 5.99. The zero-order valence-electron chi connectivity index (χ0n) is 10.7.